The molecule has 0 bridgehead atoms. The van der Waals surface area contributed by atoms with E-state index in [1.807, 2.05) is 6.07 Å². The molecule has 64 valence electrons. The summed E-state index contributed by atoms with van der Waals surface area (Å²) in [6, 6.07) is 8.92. The molecule has 0 unspecified atom stereocenters. The minimum absolute atomic E-state index is 0.213. The predicted molar refractivity (Wildman–Crippen MR) is 42.7 cm³/mol. The summed E-state index contributed by atoms with van der Waals surface area (Å²) >= 11 is 0. The molecular formula is C8H9NO3. The summed E-state index contributed by atoms with van der Waals surface area (Å²) < 4.78 is 0. The standard InChI is InChI=1S/C8H9NO3/c10-8(11)6-9-12-7-4-2-1-3-5-7/h1-5,9H,6H2,(H,10,11). The summed E-state index contributed by atoms with van der Waals surface area (Å²) in [7, 11) is 0. The molecule has 0 spiro atoms. The second-order valence-corrected chi connectivity index (χ2v) is 2.13. The maximum Gasteiger partial charge on any atom is 0.320 e. The molecule has 1 aromatic rings. The predicted octanol–water partition coefficient (Wildman–Crippen LogP) is 0.655. The van der Waals surface area contributed by atoms with Crippen molar-refractivity contribution < 1.29 is 14.7 Å². The average Bonchev–Trinajstić information content (AvgIpc) is 2.05. The summed E-state index contributed by atoms with van der Waals surface area (Å²) in [6.07, 6.45) is 0. The first-order valence-corrected chi connectivity index (χ1v) is 3.45. The Labute approximate surface area is 69.7 Å². The van der Waals surface area contributed by atoms with Crippen LogP contribution in [0.5, 0.6) is 5.75 Å². The van der Waals surface area contributed by atoms with Gasteiger partial charge in [0.05, 0.1) is 0 Å². The number of hydrogen-bond donors (Lipinski definition) is 2. The van der Waals surface area contributed by atoms with E-state index in [-0.39, 0.29) is 6.54 Å². The molecule has 1 rings (SSSR count). The molecule has 1 aromatic carbocycles. The van der Waals surface area contributed by atoms with Gasteiger partial charge >= 0.3 is 5.97 Å². The van der Waals surface area contributed by atoms with Gasteiger partial charge in [-0.3, -0.25) is 4.79 Å². The molecule has 0 atom stereocenters. The van der Waals surface area contributed by atoms with Crippen molar-refractivity contribution in [1.82, 2.24) is 5.48 Å². The van der Waals surface area contributed by atoms with Gasteiger partial charge in [0, 0.05) is 0 Å². The smallest absolute Gasteiger partial charge is 0.320 e. The molecule has 0 amide bonds. The lowest BCUT2D eigenvalue weighted by atomic mass is 10.3. The van der Waals surface area contributed by atoms with Crippen LogP contribution >= 0.6 is 0 Å². The lowest BCUT2D eigenvalue weighted by Gasteiger charge is -2.03. The molecule has 12 heavy (non-hydrogen) atoms. The highest BCUT2D eigenvalue weighted by molar-refractivity contribution is 5.68. The molecule has 0 aromatic heterocycles. The summed E-state index contributed by atoms with van der Waals surface area (Å²) in [6.45, 7) is -0.213. The molecular weight excluding hydrogens is 158 g/mol. The van der Waals surface area contributed by atoms with Gasteiger partial charge in [0.2, 0.25) is 0 Å². The lowest BCUT2D eigenvalue weighted by molar-refractivity contribution is -0.137. The molecule has 0 heterocycles. The second-order valence-electron chi connectivity index (χ2n) is 2.13. The zero-order chi connectivity index (χ0) is 8.81. The van der Waals surface area contributed by atoms with Crippen LogP contribution in [0.15, 0.2) is 30.3 Å². The van der Waals surface area contributed by atoms with E-state index in [0.717, 1.165) is 0 Å². The van der Waals surface area contributed by atoms with Crippen molar-refractivity contribution in [3.05, 3.63) is 30.3 Å². The van der Waals surface area contributed by atoms with Crippen molar-refractivity contribution in [2.24, 2.45) is 0 Å². The first kappa shape index (κ1) is 8.55. The van der Waals surface area contributed by atoms with Gasteiger partial charge in [-0.15, -0.1) is 5.48 Å². The van der Waals surface area contributed by atoms with Gasteiger partial charge in [0.15, 0.2) is 0 Å². The minimum Gasteiger partial charge on any atom is -0.480 e. The quantitative estimate of drug-likeness (QED) is 0.646. The fourth-order valence-corrected chi connectivity index (χ4v) is 0.670. The maximum atomic E-state index is 10.0. The monoisotopic (exact) mass is 167 g/mol. The highest BCUT2D eigenvalue weighted by Crippen LogP contribution is 2.05. The number of benzene rings is 1. The number of rotatable bonds is 4. The van der Waals surface area contributed by atoms with E-state index in [0.29, 0.717) is 5.75 Å². The Morgan fingerprint density at radius 3 is 2.67 bits per heavy atom. The number of para-hydroxylation sites is 1. The number of carboxylic acids is 1. The fraction of sp³-hybridized carbons (Fsp3) is 0.125. The van der Waals surface area contributed by atoms with Crippen molar-refractivity contribution in [2.45, 2.75) is 0 Å². The highest BCUT2D eigenvalue weighted by Gasteiger charge is 1.95. The number of aliphatic carboxylic acids is 1. The molecule has 0 fully saturated rings. The summed E-state index contributed by atoms with van der Waals surface area (Å²) in [5, 5.41) is 8.25. The van der Waals surface area contributed by atoms with Gasteiger partial charge in [-0.2, -0.15) is 0 Å². The Morgan fingerprint density at radius 1 is 1.42 bits per heavy atom. The number of carboxylic acid groups (broad SMARTS) is 1. The molecule has 0 radical (unpaired) electrons. The van der Waals surface area contributed by atoms with Crippen molar-refractivity contribution in [1.29, 1.82) is 0 Å². The van der Waals surface area contributed by atoms with E-state index in [1.54, 1.807) is 24.3 Å². The summed E-state index contributed by atoms with van der Waals surface area (Å²) in [4.78, 5) is 14.9. The molecule has 4 nitrogen and oxygen atoms in total. The van der Waals surface area contributed by atoms with Crippen molar-refractivity contribution >= 4 is 5.97 Å². The topological polar surface area (TPSA) is 58.6 Å². The zero-order valence-electron chi connectivity index (χ0n) is 6.36. The molecule has 0 aliphatic rings. The van der Waals surface area contributed by atoms with E-state index in [2.05, 4.69) is 5.48 Å². The van der Waals surface area contributed by atoms with Gasteiger partial charge in [-0.1, -0.05) is 18.2 Å². The first-order chi connectivity index (χ1) is 5.79. The number of hydrogen-bond acceptors (Lipinski definition) is 3. The highest BCUT2D eigenvalue weighted by atomic mass is 16.6. The van der Waals surface area contributed by atoms with Gasteiger partial charge in [-0.05, 0) is 12.1 Å². The minimum atomic E-state index is -0.953. The van der Waals surface area contributed by atoms with Crippen molar-refractivity contribution in [3.63, 3.8) is 0 Å². The lowest BCUT2D eigenvalue weighted by Crippen LogP contribution is -2.25. The summed E-state index contributed by atoms with van der Waals surface area (Å²) in [5.74, 6) is -0.357. The Hall–Kier alpha value is -1.55. The first-order valence-electron chi connectivity index (χ1n) is 3.45. The summed E-state index contributed by atoms with van der Waals surface area (Å²) in [5.41, 5.74) is 2.30. The second kappa shape index (κ2) is 4.35. The van der Waals surface area contributed by atoms with Crippen LogP contribution in [0.1, 0.15) is 0 Å². The largest absolute Gasteiger partial charge is 0.480 e. The van der Waals surface area contributed by atoms with Crippen molar-refractivity contribution in [2.75, 3.05) is 6.54 Å². The van der Waals surface area contributed by atoms with Crippen LogP contribution in [-0.2, 0) is 4.79 Å². The molecule has 4 heteroatoms. The van der Waals surface area contributed by atoms with E-state index < -0.39 is 5.97 Å². The number of carbonyl (C=O) groups is 1. The van der Waals surface area contributed by atoms with E-state index in [1.165, 1.54) is 0 Å². The molecule has 0 aliphatic heterocycles. The van der Waals surface area contributed by atoms with Gasteiger partial charge in [0.25, 0.3) is 0 Å². The Kier molecular flexibility index (Phi) is 3.10. The Bertz CT molecular complexity index is 248. The van der Waals surface area contributed by atoms with Gasteiger partial charge < -0.3 is 9.94 Å². The third-order valence-corrected chi connectivity index (χ3v) is 1.16. The average molecular weight is 167 g/mol. The normalized spacial score (nSPS) is 9.33. The van der Waals surface area contributed by atoms with Crippen molar-refractivity contribution in [3.8, 4) is 5.75 Å². The zero-order valence-corrected chi connectivity index (χ0v) is 6.36. The van der Waals surface area contributed by atoms with Crippen LogP contribution < -0.4 is 10.3 Å². The van der Waals surface area contributed by atoms with E-state index >= 15 is 0 Å². The van der Waals surface area contributed by atoms with Gasteiger partial charge in [-0.25, -0.2) is 0 Å². The molecule has 0 saturated carbocycles. The van der Waals surface area contributed by atoms with Crippen LogP contribution in [0, 0.1) is 0 Å². The Morgan fingerprint density at radius 2 is 2.08 bits per heavy atom. The van der Waals surface area contributed by atoms with Crippen LogP contribution in [0.4, 0.5) is 0 Å². The van der Waals surface area contributed by atoms with Crippen LogP contribution in [0.25, 0.3) is 0 Å². The third kappa shape index (κ3) is 3.03. The molecule has 0 aliphatic carbocycles. The number of nitrogens with one attached hydrogen (secondary N) is 1. The van der Waals surface area contributed by atoms with Crippen LogP contribution in [0.3, 0.4) is 0 Å². The SMILES string of the molecule is O=C(O)CNOc1ccccc1. The Balaban J connectivity index is 2.29. The van der Waals surface area contributed by atoms with Crippen LogP contribution in [-0.4, -0.2) is 17.6 Å². The maximum absolute atomic E-state index is 10.0. The van der Waals surface area contributed by atoms with Gasteiger partial charge in [0.1, 0.15) is 12.3 Å². The fourth-order valence-electron chi connectivity index (χ4n) is 0.670. The molecule has 2 N–H and O–H groups in total. The van der Waals surface area contributed by atoms with E-state index in [4.69, 9.17) is 9.94 Å². The number of hydroxylamine groups is 1. The molecule has 0 saturated heterocycles. The van der Waals surface area contributed by atoms with E-state index in [9.17, 15) is 4.79 Å². The third-order valence-electron chi connectivity index (χ3n) is 1.16. The van der Waals surface area contributed by atoms with Crippen LogP contribution in [0.2, 0.25) is 0 Å².